The molecule has 0 aliphatic heterocycles. The lowest BCUT2D eigenvalue weighted by Gasteiger charge is -2.14. The Kier molecular flexibility index (Phi) is 5.29. The van der Waals surface area contributed by atoms with Gasteiger partial charge in [0.15, 0.2) is 0 Å². The average Bonchev–Trinajstić information content (AvgIpc) is 2.30. The number of ether oxygens (including phenoxy) is 2. The monoisotopic (exact) mass is 256 g/mol. The molecule has 0 saturated heterocycles. The Labute approximate surface area is 107 Å². The molecule has 0 amide bonds. The number of halogens is 1. The molecule has 0 spiro atoms. The zero-order valence-corrected chi connectivity index (χ0v) is 11.1. The number of rotatable bonds is 5. The molecular weight excluding hydrogens is 240 g/mol. The maximum absolute atomic E-state index is 11.5. The van der Waals surface area contributed by atoms with Crippen molar-refractivity contribution < 1.29 is 14.3 Å². The number of carbonyl (C=O) groups is 1. The van der Waals surface area contributed by atoms with E-state index in [0.29, 0.717) is 18.2 Å². The van der Waals surface area contributed by atoms with Crippen LogP contribution in [0.15, 0.2) is 12.1 Å². The molecule has 0 N–H and O–H groups in total. The molecule has 1 rings (SSSR count). The van der Waals surface area contributed by atoms with E-state index in [0.717, 1.165) is 16.7 Å². The maximum atomic E-state index is 11.5. The summed E-state index contributed by atoms with van der Waals surface area (Å²) in [4.78, 5) is 11.5. The molecule has 0 radical (unpaired) electrons. The zero-order valence-electron chi connectivity index (χ0n) is 10.4. The van der Waals surface area contributed by atoms with Crippen LogP contribution in [-0.4, -0.2) is 19.7 Å². The highest BCUT2D eigenvalue weighted by atomic mass is 35.5. The lowest BCUT2D eigenvalue weighted by molar-refractivity contribution is -0.142. The van der Waals surface area contributed by atoms with Crippen molar-refractivity contribution in [3.8, 4) is 5.75 Å². The SMILES string of the molecule is CCOC(=O)Cc1c(OC)ccc(C)c1CCl. The summed E-state index contributed by atoms with van der Waals surface area (Å²) in [5.41, 5.74) is 2.82. The predicted octanol–water partition coefficient (Wildman–Crippen LogP) is 2.85. The Morgan fingerprint density at radius 2 is 2.06 bits per heavy atom. The molecule has 4 heteroatoms. The number of alkyl halides is 1. The van der Waals surface area contributed by atoms with E-state index in [-0.39, 0.29) is 12.4 Å². The maximum Gasteiger partial charge on any atom is 0.310 e. The minimum atomic E-state index is -0.261. The minimum absolute atomic E-state index is 0.195. The fraction of sp³-hybridized carbons (Fsp3) is 0.462. The summed E-state index contributed by atoms with van der Waals surface area (Å²) in [5.74, 6) is 0.777. The van der Waals surface area contributed by atoms with Crippen molar-refractivity contribution in [3.63, 3.8) is 0 Å². The third kappa shape index (κ3) is 3.37. The highest BCUT2D eigenvalue weighted by molar-refractivity contribution is 6.17. The van der Waals surface area contributed by atoms with E-state index in [1.54, 1.807) is 14.0 Å². The lowest BCUT2D eigenvalue weighted by Crippen LogP contribution is -2.11. The Balaban J connectivity index is 3.09. The fourth-order valence-electron chi connectivity index (χ4n) is 1.72. The summed E-state index contributed by atoms with van der Waals surface area (Å²) in [6, 6.07) is 3.78. The lowest BCUT2D eigenvalue weighted by atomic mass is 9.99. The number of methoxy groups -OCH3 is 1. The second-order valence-electron chi connectivity index (χ2n) is 3.66. The molecule has 0 unspecified atom stereocenters. The van der Waals surface area contributed by atoms with Crippen LogP contribution in [0.1, 0.15) is 23.6 Å². The van der Waals surface area contributed by atoms with Crippen LogP contribution in [0.4, 0.5) is 0 Å². The van der Waals surface area contributed by atoms with Crippen molar-refractivity contribution in [2.75, 3.05) is 13.7 Å². The van der Waals surface area contributed by atoms with Crippen molar-refractivity contribution in [1.82, 2.24) is 0 Å². The van der Waals surface area contributed by atoms with Gasteiger partial charge < -0.3 is 9.47 Å². The third-order valence-electron chi connectivity index (χ3n) is 2.60. The summed E-state index contributed by atoms with van der Waals surface area (Å²) in [6.07, 6.45) is 0.195. The summed E-state index contributed by atoms with van der Waals surface area (Å²) in [6.45, 7) is 4.13. The van der Waals surface area contributed by atoms with Crippen LogP contribution in [0.2, 0.25) is 0 Å². The van der Waals surface area contributed by atoms with Crippen molar-refractivity contribution in [2.24, 2.45) is 0 Å². The predicted molar refractivity (Wildman–Crippen MR) is 67.6 cm³/mol. The van der Waals surface area contributed by atoms with E-state index in [4.69, 9.17) is 21.1 Å². The minimum Gasteiger partial charge on any atom is -0.496 e. The molecular formula is C13H17ClO3. The Hall–Kier alpha value is -1.22. The van der Waals surface area contributed by atoms with Crippen molar-refractivity contribution in [2.45, 2.75) is 26.1 Å². The second kappa shape index (κ2) is 6.50. The van der Waals surface area contributed by atoms with E-state index in [2.05, 4.69) is 0 Å². The van der Waals surface area contributed by atoms with Crippen LogP contribution in [0.3, 0.4) is 0 Å². The quantitative estimate of drug-likeness (QED) is 0.600. The fourth-order valence-corrected chi connectivity index (χ4v) is 2.09. The first kappa shape index (κ1) is 13.8. The molecule has 0 saturated carbocycles. The molecule has 0 aliphatic carbocycles. The van der Waals surface area contributed by atoms with Gasteiger partial charge in [0, 0.05) is 11.4 Å². The molecule has 0 aliphatic rings. The van der Waals surface area contributed by atoms with Gasteiger partial charge in [0.2, 0.25) is 0 Å². The van der Waals surface area contributed by atoms with E-state index in [1.165, 1.54) is 0 Å². The average molecular weight is 257 g/mol. The van der Waals surface area contributed by atoms with Crippen LogP contribution in [0.5, 0.6) is 5.75 Å². The van der Waals surface area contributed by atoms with E-state index < -0.39 is 0 Å². The van der Waals surface area contributed by atoms with Gasteiger partial charge in [-0.3, -0.25) is 4.79 Å². The Morgan fingerprint density at radius 3 is 2.59 bits per heavy atom. The normalized spacial score (nSPS) is 10.1. The molecule has 0 atom stereocenters. The summed E-state index contributed by atoms with van der Waals surface area (Å²) < 4.78 is 10.2. The standard InChI is InChI=1S/C13H17ClO3/c1-4-17-13(15)7-10-11(8-14)9(2)5-6-12(10)16-3/h5-6H,4,7-8H2,1-3H3. The molecule has 0 bridgehead atoms. The number of hydrogen-bond acceptors (Lipinski definition) is 3. The molecule has 3 nitrogen and oxygen atoms in total. The van der Waals surface area contributed by atoms with E-state index >= 15 is 0 Å². The smallest absolute Gasteiger partial charge is 0.310 e. The molecule has 0 fully saturated rings. The molecule has 0 aromatic heterocycles. The van der Waals surface area contributed by atoms with Crippen molar-refractivity contribution in [3.05, 3.63) is 28.8 Å². The van der Waals surface area contributed by atoms with Crippen LogP contribution in [0, 0.1) is 6.92 Å². The van der Waals surface area contributed by atoms with Gasteiger partial charge in [-0.1, -0.05) is 6.07 Å². The van der Waals surface area contributed by atoms with Gasteiger partial charge in [-0.25, -0.2) is 0 Å². The van der Waals surface area contributed by atoms with Crippen molar-refractivity contribution >= 4 is 17.6 Å². The van der Waals surface area contributed by atoms with Crippen LogP contribution >= 0.6 is 11.6 Å². The highest BCUT2D eigenvalue weighted by Gasteiger charge is 2.15. The first-order valence-corrected chi connectivity index (χ1v) is 6.04. The number of hydrogen-bond donors (Lipinski definition) is 0. The summed E-state index contributed by atoms with van der Waals surface area (Å²) in [5, 5.41) is 0. The van der Waals surface area contributed by atoms with Gasteiger partial charge >= 0.3 is 5.97 Å². The number of carbonyl (C=O) groups excluding carboxylic acids is 1. The van der Waals surface area contributed by atoms with Crippen LogP contribution in [0.25, 0.3) is 0 Å². The topological polar surface area (TPSA) is 35.5 Å². The Bertz CT molecular complexity index is 402. The van der Waals surface area contributed by atoms with Crippen LogP contribution in [-0.2, 0) is 21.8 Å². The van der Waals surface area contributed by atoms with Crippen LogP contribution < -0.4 is 4.74 Å². The first-order valence-electron chi connectivity index (χ1n) is 5.51. The first-order chi connectivity index (χ1) is 8.13. The molecule has 0 heterocycles. The summed E-state index contributed by atoms with van der Waals surface area (Å²) in [7, 11) is 1.58. The zero-order chi connectivity index (χ0) is 12.8. The third-order valence-corrected chi connectivity index (χ3v) is 2.87. The molecule has 1 aromatic rings. The van der Waals surface area contributed by atoms with Gasteiger partial charge in [-0.15, -0.1) is 11.6 Å². The number of benzene rings is 1. The summed E-state index contributed by atoms with van der Waals surface area (Å²) >= 11 is 5.92. The number of esters is 1. The van der Waals surface area contributed by atoms with Gasteiger partial charge in [0.25, 0.3) is 0 Å². The number of aryl methyl sites for hydroxylation is 1. The molecule has 1 aromatic carbocycles. The second-order valence-corrected chi connectivity index (χ2v) is 3.92. The molecule has 17 heavy (non-hydrogen) atoms. The largest absolute Gasteiger partial charge is 0.496 e. The van der Waals surface area contributed by atoms with Crippen molar-refractivity contribution in [1.29, 1.82) is 0 Å². The van der Waals surface area contributed by atoms with E-state index in [9.17, 15) is 4.79 Å². The van der Waals surface area contributed by atoms with Gasteiger partial charge in [0.1, 0.15) is 5.75 Å². The Morgan fingerprint density at radius 1 is 1.35 bits per heavy atom. The van der Waals surface area contributed by atoms with E-state index in [1.807, 2.05) is 19.1 Å². The van der Waals surface area contributed by atoms with Gasteiger partial charge in [0.05, 0.1) is 20.1 Å². The highest BCUT2D eigenvalue weighted by Crippen LogP contribution is 2.27. The van der Waals surface area contributed by atoms with Gasteiger partial charge in [-0.05, 0) is 31.0 Å². The van der Waals surface area contributed by atoms with Gasteiger partial charge in [-0.2, -0.15) is 0 Å². The molecule has 94 valence electrons.